The van der Waals surface area contributed by atoms with Crippen molar-refractivity contribution >= 4 is 5.91 Å². The number of nitrogens with one attached hydrogen (secondary N) is 1. The van der Waals surface area contributed by atoms with Crippen molar-refractivity contribution in [2.24, 2.45) is 0 Å². The Bertz CT molecular complexity index is 444. The van der Waals surface area contributed by atoms with Gasteiger partial charge in [0.1, 0.15) is 6.17 Å². The van der Waals surface area contributed by atoms with Crippen molar-refractivity contribution in [1.29, 1.82) is 0 Å². The Hall–Kier alpha value is -1.35. The minimum absolute atomic E-state index is 0.00888. The largest absolute Gasteiger partial charge is 0.322 e. The second kappa shape index (κ2) is 6.20. The summed E-state index contributed by atoms with van der Waals surface area (Å²) >= 11 is 0. The van der Waals surface area contributed by atoms with Gasteiger partial charge in [0, 0.05) is 6.54 Å². The predicted molar refractivity (Wildman–Crippen MR) is 77.8 cm³/mol. The zero-order valence-electron chi connectivity index (χ0n) is 12.1. The molecule has 0 radical (unpaired) electrons. The molecule has 0 bridgehead atoms. The molecule has 1 aromatic rings. The summed E-state index contributed by atoms with van der Waals surface area (Å²) in [4.78, 5) is 14.3. The number of carbonyl (C=O) groups is 1. The van der Waals surface area contributed by atoms with E-state index in [1.54, 1.807) is 0 Å². The first-order valence-electron chi connectivity index (χ1n) is 7.30. The second-order valence-electron chi connectivity index (χ2n) is 5.30. The van der Waals surface area contributed by atoms with Gasteiger partial charge in [-0.2, -0.15) is 0 Å². The van der Waals surface area contributed by atoms with E-state index in [-0.39, 0.29) is 18.1 Å². The summed E-state index contributed by atoms with van der Waals surface area (Å²) in [5.74, 6) is 0.252. The summed E-state index contributed by atoms with van der Waals surface area (Å²) < 4.78 is 0. The van der Waals surface area contributed by atoms with Crippen LogP contribution in [0, 0.1) is 6.92 Å². The molecule has 1 heterocycles. The van der Waals surface area contributed by atoms with Gasteiger partial charge < -0.3 is 4.90 Å². The molecule has 19 heavy (non-hydrogen) atoms. The number of amides is 1. The van der Waals surface area contributed by atoms with Crippen LogP contribution in [0.2, 0.25) is 0 Å². The first-order valence-corrected chi connectivity index (χ1v) is 7.30. The van der Waals surface area contributed by atoms with E-state index in [0.29, 0.717) is 0 Å². The highest BCUT2D eigenvalue weighted by Crippen LogP contribution is 2.27. The molecule has 1 fully saturated rings. The van der Waals surface area contributed by atoms with Crippen LogP contribution in [0.3, 0.4) is 0 Å². The first kappa shape index (κ1) is 14.1. The Labute approximate surface area is 116 Å². The van der Waals surface area contributed by atoms with E-state index < -0.39 is 0 Å². The molecule has 3 nitrogen and oxygen atoms in total. The van der Waals surface area contributed by atoms with Crippen molar-refractivity contribution in [2.45, 2.75) is 52.2 Å². The number of aryl methyl sites for hydroxylation is 1. The standard InChI is InChI=1S/C16H24N2O/c1-4-6-10-14-16(19)18(5-2)15(17-14)13-9-7-8-12(3)11-13/h7-9,11,14-15,17H,4-6,10H2,1-3H3. The van der Waals surface area contributed by atoms with Gasteiger partial charge in [0.2, 0.25) is 5.91 Å². The summed E-state index contributed by atoms with van der Waals surface area (Å²) in [5, 5.41) is 3.50. The molecule has 1 aromatic carbocycles. The van der Waals surface area contributed by atoms with Crippen LogP contribution in [0.4, 0.5) is 0 Å². The monoisotopic (exact) mass is 260 g/mol. The number of nitrogens with zero attached hydrogens (tertiary/aromatic N) is 1. The van der Waals surface area contributed by atoms with Crippen molar-refractivity contribution in [3.8, 4) is 0 Å². The highest BCUT2D eigenvalue weighted by molar-refractivity contribution is 5.84. The minimum Gasteiger partial charge on any atom is -0.322 e. The van der Waals surface area contributed by atoms with Crippen LogP contribution in [0.25, 0.3) is 0 Å². The second-order valence-corrected chi connectivity index (χ2v) is 5.30. The Morgan fingerprint density at radius 1 is 1.32 bits per heavy atom. The molecule has 1 aliphatic rings. The minimum atomic E-state index is -0.00888. The topological polar surface area (TPSA) is 32.3 Å². The van der Waals surface area contributed by atoms with Crippen molar-refractivity contribution in [2.75, 3.05) is 6.54 Å². The molecule has 1 aliphatic heterocycles. The van der Waals surface area contributed by atoms with Gasteiger partial charge in [0.25, 0.3) is 0 Å². The van der Waals surface area contributed by atoms with Crippen LogP contribution in [0.15, 0.2) is 24.3 Å². The fraction of sp³-hybridized carbons (Fsp3) is 0.562. The lowest BCUT2D eigenvalue weighted by Gasteiger charge is -2.23. The van der Waals surface area contributed by atoms with Gasteiger partial charge in [0.05, 0.1) is 6.04 Å². The summed E-state index contributed by atoms with van der Waals surface area (Å²) in [6.07, 6.45) is 3.21. The maximum atomic E-state index is 12.4. The maximum Gasteiger partial charge on any atom is 0.241 e. The van der Waals surface area contributed by atoms with Crippen molar-refractivity contribution in [3.05, 3.63) is 35.4 Å². The van der Waals surface area contributed by atoms with E-state index in [4.69, 9.17) is 0 Å². The number of rotatable bonds is 5. The zero-order chi connectivity index (χ0) is 13.8. The molecule has 0 saturated carbocycles. The van der Waals surface area contributed by atoms with Crippen LogP contribution in [-0.4, -0.2) is 23.4 Å². The molecule has 2 unspecified atom stereocenters. The molecule has 0 aromatic heterocycles. The Kier molecular flexibility index (Phi) is 4.59. The molecule has 2 atom stereocenters. The average molecular weight is 260 g/mol. The molecular weight excluding hydrogens is 236 g/mol. The van der Waals surface area contributed by atoms with E-state index >= 15 is 0 Å². The van der Waals surface area contributed by atoms with Gasteiger partial charge in [-0.15, -0.1) is 0 Å². The lowest BCUT2D eigenvalue weighted by Crippen LogP contribution is -2.30. The highest BCUT2D eigenvalue weighted by Gasteiger charge is 2.37. The SMILES string of the molecule is CCCCC1NC(c2cccc(C)c2)N(CC)C1=O. The van der Waals surface area contributed by atoms with Crippen molar-refractivity contribution in [1.82, 2.24) is 10.2 Å². The molecule has 104 valence electrons. The smallest absolute Gasteiger partial charge is 0.241 e. The van der Waals surface area contributed by atoms with E-state index in [1.165, 1.54) is 11.1 Å². The van der Waals surface area contributed by atoms with Crippen LogP contribution < -0.4 is 5.32 Å². The summed E-state index contributed by atoms with van der Waals surface area (Å²) in [6, 6.07) is 8.40. The predicted octanol–water partition coefficient (Wildman–Crippen LogP) is 3.00. The van der Waals surface area contributed by atoms with Crippen LogP contribution in [0.5, 0.6) is 0 Å². The third-order valence-electron chi connectivity index (χ3n) is 3.80. The fourth-order valence-electron chi connectivity index (χ4n) is 2.75. The Morgan fingerprint density at radius 2 is 2.11 bits per heavy atom. The molecule has 1 amide bonds. The first-order chi connectivity index (χ1) is 9.17. The highest BCUT2D eigenvalue weighted by atomic mass is 16.2. The Morgan fingerprint density at radius 3 is 2.74 bits per heavy atom. The van der Waals surface area contributed by atoms with Gasteiger partial charge in [-0.1, -0.05) is 49.6 Å². The summed E-state index contributed by atoms with van der Waals surface area (Å²) in [6.45, 7) is 7.05. The van der Waals surface area contributed by atoms with Crippen LogP contribution in [0.1, 0.15) is 50.4 Å². The lowest BCUT2D eigenvalue weighted by molar-refractivity contribution is -0.130. The zero-order valence-corrected chi connectivity index (χ0v) is 12.1. The van der Waals surface area contributed by atoms with E-state index in [1.807, 2.05) is 11.8 Å². The molecule has 0 aliphatic carbocycles. The van der Waals surface area contributed by atoms with E-state index in [0.717, 1.165) is 25.8 Å². The normalized spacial score (nSPS) is 23.1. The van der Waals surface area contributed by atoms with Crippen molar-refractivity contribution < 1.29 is 4.79 Å². The van der Waals surface area contributed by atoms with Crippen LogP contribution >= 0.6 is 0 Å². The fourth-order valence-corrected chi connectivity index (χ4v) is 2.75. The summed E-state index contributed by atoms with van der Waals surface area (Å²) in [7, 11) is 0. The van der Waals surface area contributed by atoms with Gasteiger partial charge >= 0.3 is 0 Å². The molecule has 0 spiro atoms. The van der Waals surface area contributed by atoms with Gasteiger partial charge in [-0.05, 0) is 25.8 Å². The quantitative estimate of drug-likeness (QED) is 0.882. The molecule has 1 N–H and O–H groups in total. The van der Waals surface area contributed by atoms with Gasteiger partial charge in [-0.3, -0.25) is 10.1 Å². The van der Waals surface area contributed by atoms with Crippen LogP contribution in [-0.2, 0) is 4.79 Å². The van der Waals surface area contributed by atoms with E-state index in [9.17, 15) is 4.79 Å². The third-order valence-corrected chi connectivity index (χ3v) is 3.80. The number of carbonyl (C=O) groups excluding carboxylic acids is 1. The average Bonchev–Trinajstić information content (AvgIpc) is 2.73. The molecular formula is C16H24N2O. The molecule has 3 heteroatoms. The number of likely N-dealkylation sites (N-methyl/N-ethyl adjacent to an activating group) is 1. The van der Waals surface area contributed by atoms with Crippen molar-refractivity contribution in [3.63, 3.8) is 0 Å². The lowest BCUT2D eigenvalue weighted by atomic mass is 10.1. The molecule has 2 rings (SSSR count). The Balaban J connectivity index is 2.18. The maximum absolute atomic E-state index is 12.4. The van der Waals surface area contributed by atoms with Gasteiger partial charge in [-0.25, -0.2) is 0 Å². The number of hydrogen-bond donors (Lipinski definition) is 1. The number of unbranched alkanes of at least 4 members (excludes halogenated alkanes) is 1. The van der Waals surface area contributed by atoms with E-state index in [2.05, 4.69) is 43.4 Å². The summed E-state index contributed by atoms with van der Waals surface area (Å²) in [5.41, 5.74) is 2.43. The number of hydrogen-bond acceptors (Lipinski definition) is 2. The number of benzene rings is 1. The molecule has 1 saturated heterocycles. The third kappa shape index (κ3) is 2.98. The van der Waals surface area contributed by atoms with Gasteiger partial charge in [0.15, 0.2) is 0 Å².